The molecule has 0 aromatic heterocycles. The van der Waals surface area contributed by atoms with Gasteiger partial charge in [-0.25, -0.2) is 0 Å². The Morgan fingerprint density at radius 1 is 1.46 bits per heavy atom. The number of hydrogen-bond donors (Lipinski definition) is 1. The molecular formula is C9H16O4. The van der Waals surface area contributed by atoms with Crippen molar-refractivity contribution >= 4 is 5.97 Å². The van der Waals surface area contributed by atoms with E-state index in [1.54, 1.807) is 20.8 Å². The molecule has 1 heterocycles. The molecule has 1 saturated heterocycles. The molecule has 1 N–H and O–H groups in total. The smallest absolute Gasteiger partial charge is 0.311 e. The maximum absolute atomic E-state index is 11.3. The minimum atomic E-state index is -0.469. The van der Waals surface area contributed by atoms with Gasteiger partial charge in [0, 0.05) is 0 Å². The van der Waals surface area contributed by atoms with E-state index >= 15 is 0 Å². The van der Waals surface area contributed by atoms with Gasteiger partial charge in [-0.15, -0.1) is 0 Å². The predicted molar refractivity (Wildman–Crippen MR) is 46.2 cm³/mol. The van der Waals surface area contributed by atoms with Gasteiger partial charge < -0.3 is 14.6 Å². The van der Waals surface area contributed by atoms with Crippen LogP contribution in [0.3, 0.4) is 0 Å². The number of rotatable bonds is 3. The van der Waals surface area contributed by atoms with Crippen LogP contribution in [0.15, 0.2) is 0 Å². The van der Waals surface area contributed by atoms with Gasteiger partial charge >= 0.3 is 5.97 Å². The second-order valence-corrected chi connectivity index (χ2v) is 4.24. The van der Waals surface area contributed by atoms with Gasteiger partial charge in [-0.1, -0.05) is 0 Å². The third-order valence-electron chi connectivity index (χ3n) is 1.86. The van der Waals surface area contributed by atoms with Gasteiger partial charge in [0.2, 0.25) is 0 Å². The monoisotopic (exact) mass is 188 g/mol. The molecule has 0 spiro atoms. The minimum Gasteiger partial charge on any atom is -0.462 e. The molecule has 1 aliphatic heterocycles. The van der Waals surface area contributed by atoms with Gasteiger partial charge in [-0.05, 0) is 20.8 Å². The largest absolute Gasteiger partial charge is 0.462 e. The van der Waals surface area contributed by atoms with Gasteiger partial charge in [-0.3, -0.25) is 4.79 Å². The Hall–Kier alpha value is -0.610. The zero-order valence-corrected chi connectivity index (χ0v) is 8.24. The Kier molecular flexibility index (Phi) is 2.93. The minimum absolute atomic E-state index is 0.00225. The number of aliphatic hydroxyl groups is 1. The molecule has 0 bridgehead atoms. The molecule has 0 aliphatic carbocycles. The highest BCUT2D eigenvalue weighted by Crippen LogP contribution is 2.23. The number of hydrogen-bond acceptors (Lipinski definition) is 4. The quantitative estimate of drug-likeness (QED) is 0.512. The van der Waals surface area contributed by atoms with Crippen molar-refractivity contribution in [2.75, 3.05) is 13.2 Å². The first-order chi connectivity index (χ1) is 5.95. The first kappa shape index (κ1) is 10.5. The van der Waals surface area contributed by atoms with Crippen LogP contribution in [0.5, 0.6) is 0 Å². The standard InChI is InChI=1S/C9H16O4/c1-9(2,3)8(11)12-5-7-6(4-10)13-7/h6-7,10H,4-5H2,1-3H3/t6-,7+/m0/s1. The Morgan fingerprint density at radius 3 is 2.46 bits per heavy atom. The number of aliphatic hydroxyl groups excluding tert-OH is 1. The molecule has 1 aliphatic rings. The van der Waals surface area contributed by atoms with Crippen molar-refractivity contribution in [2.45, 2.75) is 33.0 Å². The van der Waals surface area contributed by atoms with Crippen LogP contribution in [0.4, 0.5) is 0 Å². The normalized spacial score (nSPS) is 27.1. The maximum atomic E-state index is 11.3. The Balaban J connectivity index is 2.17. The lowest BCUT2D eigenvalue weighted by molar-refractivity contribution is -0.153. The molecule has 0 unspecified atom stereocenters. The van der Waals surface area contributed by atoms with Gasteiger partial charge in [0.1, 0.15) is 18.8 Å². The summed E-state index contributed by atoms with van der Waals surface area (Å²) in [6.45, 7) is 5.64. The molecule has 2 atom stereocenters. The van der Waals surface area contributed by atoms with E-state index in [1.165, 1.54) is 0 Å². The number of ether oxygens (including phenoxy) is 2. The van der Waals surface area contributed by atoms with Crippen LogP contribution in [0.1, 0.15) is 20.8 Å². The first-order valence-electron chi connectivity index (χ1n) is 4.38. The summed E-state index contributed by atoms with van der Waals surface area (Å²) in [4.78, 5) is 11.3. The van der Waals surface area contributed by atoms with Crippen molar-refractivity contribution in [3.8, 4) is 0 Å². The summed E-state index contributed by atoms with van der Waals surface area (Å²) in [5.74, 6) is -0.236. The van der Waals surface area contributed by atoms with E-state index in [0.29, 0.717) is 0 Å². The van der Waals surface area contributed by atoms with Gasteiger partial charge in [0.05, 0.1) is 12.0 Å². The van der Waals surface area contributed by atoms with Crippen LogP contribution in [-0.4, -0.2) is 36.5 Å². The topological polar surface area (TPSA) is 59.1 Å². The van der Waals surface area contributed by atoms with Crippen molar-refractivity contribution in [1.82, 2.24) is 0 Å². The summed E-state index contributed by atoms with van der Waals surface area (Å²) in [7, 11) is 0. The van der Waals surface area contributed by atoms with E-state index in [-0.39, 0.29) is 31.4 Å². The molecule has 13 heavy (non-hydrogen) atoms. The van der Waals surface area contributed by atoms with Crippen molar-refractivity contribution in [1.29, 1.82) is 0 Å². The highest BCUT2D eigenvalue weighted by Gasteiger charge is 2.39. The van der Waals surface area contributed by atoms with E-state index < -0.39 is 5.41 Å². The molecule has 0 saturated carbocycles. The van der Waals surface area contributed by atoms with Gasteiger partial charge in [0.15, 0.2) is 0 Å². The fraction of sp³-hybridized carbons (Fsp3) is 0.889. The highest BCUT2D eigenvalue weighted by atomic mass is 16.6. The average Bonchev–Trinajstić information content (AvgIpc) is 2.76. The fourth-order valence-corrected chi connectivity index (χ4v) is 0.861. The maximum Gasteiger partial charge on any atom is 0.311 e. The summed E-state index contributed by atoms with van der Waals surface area (Å²) in [6, 6.07) is 0. The molecular weight excluding hydrogens is 172 g/mol. The van der Waals surface area contributed by atoms with Crippen LogP contribution in [0, 0.1) is 5.41 Å². The SMILES string of the molecule is CC(C)(C)C(=O)OC[C@H]1O[C@H]1CO. The molecule has 4 nitrogen and oxygen atoms in total. The Morgan fingerprint density at radius 2 is 2.08 bits per heavy atom. The van der Waals surface area contributed by atoms with Gasteiger partial charge in [0.25, 0.3) is 0 Å². The fourth-order valence-electron chi connectivity index (χ4n) is 0.861. The van der Waals surface area contributed by atoms with E-state index in [9.17, 15) is 4.79 Å². The lowest BCUT2D eigenvalue weighted by atomic mass is 9.97. The molecule has 1 fully saturated rings. The first-order valence-corrected chi connectivity index (χ1v) is 4.38. The molecule has 1 rings (SSSR count). The Bertz CT molecular complexity index is 194. The van der Waals surface area contributed by atoms with Crippen LogP contribution < -0.4 is 0 Å². The lowest BCUT2D eigenvalue weighted by Gasteiger charge is -2.15. The highest BCUT2D eigenvalue weighted by molar-refractivity contribution is 5.75. The molecule has 0 aromatic carbocycles. The summed E-state index contributed by atoms with van der Waals surface area (Å²) in [6.07, 6.45) is -0.232. The Labute approximate surface area is 77.8 Å². The second-order valence-electron chi connectivity index (χ2n) is 4.24. The third-order valence-corrected chi connectivity index (χ3v) is 1.86. The summed E-state index contributed by atoms with van der Waals surface area (Å²) in [5.41, 5.74) is -0.469. The van der Waals surface area contributed by atoms with Crippen LogP contribution in [-0.2, 0) is 14.3 Å². The van der Waals surface area contributed by atoms with Crippen molar-refractivity contribution < 1.29 is 19.4 Å². The zero-order chi connectivity index (χ0) is 10.1. The number of carbonyl (C=O) groups is 1. The van der Waals surface area contributed by atoms with E-state index in [2.05, 4.69) is 0 Å². The molecule has 76 valence electrons. The van der Waals surface area contributed by atoms with Crippen molar-refractivity contribution in [2.24, 2.45) is 5.41 Å². The molecule has 0 amide bonds. The van der Waals surface area contributed by atoms with E-state index in [4.69, 9.17) is 14.6 Å². The summed E-state index contributed by atoms with van der Waals surface area (Å²) < 4.78 is 9.99. The average molecular weight is 188 g/mol. The van der Waals surface area contributed by atoms with E-state index in [1.807, 2.05) is 0 Å². The summed E-state index contributed by atoms with van der Waals surface area (Å²) >= 11 is 0. The van der Waals surface area contributed by atoms with Crippen LogP contribution >= 0.6 is 0 Å². The number of carbonyl (C=O) groups excluding carboxylic acids is 1. The van der Waals surface area contributed by atoms with Crippen molar-refractivity contribution in [3.05, 3.63) is 0 Å². The van der Waals surface area contributed by atoms with E-state index in [0.717, 1.165) is 0 Å². The molecule has 4 heteroatoms. The lowest BCUT2D eigenvalue weighted by Crippen LogP contribution is -2.25. The molecule has 0 radical (unpaired) electrons. The van der Waals surface area contributed by atoms with Crippen molar-refractivity contribution in [3.63, 3.8) is 0 Å². The zero-order valence-electron chi connectivity index (χ0n) is 8.24. The van der Waals surface area contributed by atoms with Crippen LogP contribution in [0.25, 0.3) is 0 Å². The summed E-state index contributed by atoms with van der Waals surface area (Å²) in [5, 5.41) is 8.64. The second kappa shape index (κ2) is 3.64. The predicted octanol–water partition coefficient (Wildman–Crippen LogP) is 0.335. The molecule has 0 aromatic rings. The van der Waals surface area contributed by atoms with Crippen LogP contribution in [0.2, 0.25) is 0 Å². The number of epoxide rings is 1. The third kappa shape index (κ3) is 2.97. The van der Waals surface area contributed by atoms with Gasteiger partial charge in [-0.2, -0.15) is 0 Å². The number of esters is 1.